The van der Waals surface area contributed by atoms with Gasteiger partial charge in [0, 0.05) is 6.07 Å². The Morgan fingerprint density at radius 2 is 2.00 bits per heavy atom. The van der Waals surface area contributed by atoms with Crippen molar-refractivity contribution < 1.29 is 23.4 Å². The maximum atomic E-state index is 11.6. The van der Waals surface area contributed by atoms with Crippen LogP contribution in [-0.4, -0.2) is 25.2 Å². The van der Waals surface area contributed by atoms with Crippen LogP contribution in [0.2, 0.25) is 0 Å². The van der Waals surface area contributed by atoms with Crippen molar-refractivity contribution in [3.8, 4) is 0 Å². The first kappa shape index (κ1) is 24.6. The summed E-state index contributed by atoms with van der Waals surface area (Å²) in [6, 6.07) is 3.53. The predicted molar refractivity (Wildman–Crippen MR) is 132 cm³/mol. The van der Waals surface area contributed by atoms with Gasteiger partial charge in [-0.05, 0) is 111 Å². The lowest BCUT2D eigenvalue weighted by Gasteiger charge is -2.59. The van der Waals surface area contributed by atoms with Crippen LogP contribution in [-0.2, 0) is 14.2 Å². The molecule has 1 aromatic rings. The van der Waals surface area contributed by atoms with Gasteiger partial charge in [0.15, 0.2) is 0 Å². The van der Waals surface area contributed by atoms with Gasteiger partial charge in [0.25, 0.3) is 0 Å². The van der Waals surface area contributed by atoms with E-state index in [2.05, 4.69) is 19.9 Å². The Labute approximate surface area is 208 Å². The van der Waals surface area contributed by atoms with Gasteiger partial charge in [-0.15, -0.1) is 0 Å². The first-order valence-corrected chi connectivity index (χ1v) is 13.5. The molecule has 8 atom stereocenters. The van der Waals surface area contributed by atoms with Crippen LogP contribution in [0, 0.1) is 28.6 Å². The molecule has 6 heteroatoms. The number of hydrogen-bond acceptors (Lipinski definition) is 6. The fraction of sp³-hybridized carbons (Fsp3) is 0.724. The molecule has 0 N–H and O–H groups in total. The highest BCUT2D eigenvalue weighted by Gasteiger charge is 2.57. The normalized spacial score (nSPS) is 39.0. The van der Waals surface area contributed by atoms with Gasteiger partial charge in [0.05, 0.1) is 19.0 Å². The highest BCUT2D eigenvalue weighted by molar-refractivity contribution is 5.59. The Hall–Kier alpha value is -2.08. The van der Waals surface area contributed by atoms with E-state index < -0.39 is 12.4 Å². The number of allylic oxidation sites excluding steroid dienone is 2. The highest BCUT2D eigenvalue weighted by atomic mass is 16.8. The molecule has 3 saturated carbocycles. The fourth-order valence-corrected chi connectivity index (χ4v) is 8.33. The van der Waals surface area contributed by atoms with E-state index in [1.807, 2.05) is 6.07 Å². The number of rotatable bonds is 5. The molecular formula is C29H40O6. The molecule has 4 aliphatic carbocycles. The summed E-state index contributed by atoms with van der Waals surface area (Å²) < 4.78 is 21.5. The van der Waals surface area contributed by atoms with Crippen LogP contribution in [0.5, 0.6) is 0 Å². The lowest BCUT2D eigenvalue weighted by atomic mass is 9.46. The van der Waals surface area contributed by atoms with Crippen LogP contribution in [0.3, 0.4) is 0 Å². The molecule has 5 rings (SSSR count). The second-order valence-corrected chi connectivity index (χ2v) is 11.7. The van der Waals surface area contributed by atoms with Gasteiger partial charge in [0.1, 0.15) is 0 Å². The Morgan fingerprint density at radius 3 is 2.74 bits per heavy atom. The molecular weight excluding hydrogens is 444 g/mol. The predicted octanol–water partition coefficient (Wildman–Crippen LogP) is 6.59. The van der Waals surface area contributed by atoms with Crippen LogP contribution in [0.4, 0.5) is 4.79 Å². The SMILES string of the molecule is CCOC(=O)OC(C)O[C@H]1CC[C@@]2(C)[C@H](CC[C@H]3C4=CC[C@H](c5ccc(=O)oc5)[C@@]4(C)CC[C@@H]32)C1. The van der Waals surface area contributed by atoms with Gasteiger partial charge in [-0.2, -0.15) is 0 Å². The minimum atomic E-state index is -0.660. The molecule has 0 bridgehead atoms. The summed E-state index contributed by atoms with van der Waals surface area (Å²) in [5.74, 6) is 2.41. The highest BCUT2D eigenvalue weighted by Crippen LogP contribution is 2.67. The quantitative estimate of drug-likeness (QED) is 0.267. The molecule has 0 saturated heterocycles. The fourth-order valence-electron chi connectivity index (χ4n) is 8.33. The lowest BCUT2D eigenvalue weighted by Crippen LogP contribution is -2.52. The number of carbonyl (C=O) groups is 1. The Morgan fingerprint density at radius 1 is 1.17 bits per heavy atom. The Kier molecular flexibility index (Phi) is 6.62. The van der Waals surface area contributed by atoms with Crippen molar-refractivity contribution in [1.29, 1.82) is 0 Å². The molecule has 4 aliphatic rings. The van der Waals surface area contributed by atoms with Gasteiger partial charge in [-0.3, -0.25) is 0 Å². The Bertz CT molecular complexity index is 1010. The van der Waals surface area contributed by atoms with Crippen molar-refractivity contribution in [3.63, 3.8) is 0 Å². The third kappa shape index (κ3) is 4.36. The minimum absolute atomic E-state index is 0.130. The number of ether oxygens (including phenoxy) is 3. The van der Waals surface area contributed by atoms with Crippen LogP contribution in [0.1, 0.15) is 90.5 Å². The van der Waals surface area contributed by atoms with Crippen molar-refractivity contribution in [1.82, 2.24) is 0 Å². The van der Waals surface area contributed by atoms with Crippen molar-refractivity contribution in [3.05, 3.63) is 46.0 Å². The summed E-state index contributed by atoms with van der Waals surface area (Å²) in [6.07, 6.45) is 12.3. The molecule has 0 amide bonds. The van der Waals surface area contributed by atoms with Gasteiger partial charge in [0.2, 0.25) is 6.29 Å². The van der Waals surface area contributed by atoms with Gasteiger partial charge < -0.3 is 18.6 Å². The van der Waals surface area contributed by atoms with Gasteiger partial charge in [-0.1, -0.05) is 25.5 Å². The van der Waals surface area contributed by atoms with Crippen LogP contribution in [0.15, 0.2) is 39.3 Å². The molecule has 0 radical (unpaired) electrons. The monoisotopic (exact) mass is 484 g/mol. The lowest BCUT2D eigenvalue weighted by molar-refractivity contribution is -0.172. The second-order valence-electron chi connectivity index (χ2n) is 11.7. The van der Waals surface area contributed by atoms with E-state index in [9.17, 15) is 9.59 Å². The van der Waals surface area contributed by atoms with Crippen molar-refractivity contribution in [2.24, 2.45) is 28.6 Å². The zero-order chi connectivity index (χ0) is 24.8. The first-order chi connectivity index (χ1) is 16.7. The number of hydrogen-bond donors (Lipinski definition) is 0. The van der Waals surface area contributed by atoms with Crippen LogP contribution < -0.4 is 5.63 Å². The van der Waals surface area contributed by atoms with E-state index in [-0.39, 0.29) is 17.1 Å². The molecule has 1 aromatic heterocycles. The molecule has 3 fully saturated rings. The van der Waals surface area contributed by atoms with Crippen molar-refractivity contribution in [2.75, 3.05) is 6.61 Å². The summed E-state index contributed by atoms with van der Waals surface area (Å²) in [6.45, 7) is 8.83. The zero-order valence-corrected chi connectivity index (χ0v) is 21.6. The van der Waals surface area contributed by atoms with Crippen LogP contribution in [0.25, 0.3) is 0 Å². The van der Waals surface area contributed by atoms with E-state index in [1.165, 1.54) is 25.7 Å². The minimum Gasteiger partial charge on any atom is -0.435 e. The van der Waals surface area contributed by atoms with Gasteiger partial charge >= 0.3 is 11.8 Å². The molecule has 0 aromatic carbocycles. The second kappa shape index (κ2) is 9.42. The maximum Gasteiger partial charge on any atom is 0.510 e. The standard InChI is InChI=1S/C29H40O6/c1-5-32-27(31)35-18(2)34-21-12-14-28(3)20(16-21)7-8-22-24-10-9-23(19-6-11-26(30)33-17-19)29(24,4)15-13-25(22)28/h6,10-11,17-18,20-23,25H,5,7-9,12-16H2,1-4H3/t18?,20-,21+,22+,23-,25+,28+,29-/m1/s1. The average Bonchev–Trinajstić information content (AvgIpc) is 3.17. The zero-order valence-electron chi connectivity index (χ0n) is 21.6. The number of fused-ring (bicyclic) bond motifs is 5. The molecule has 0 spiro atoms. The van der Waals surface area contributed by atoms with E-state index in [4.69, 9.17) is 18.6 Å². The van der Waals surface area contributed by atoms with Gasteiger partial charge in [-0.25, -0.2) is 9.59 Å². The smallest absolute Gasteiger partial charge is 0.435 e. The summed E-state index contributed by atoms with van der Waals surface area (Å²) in [4.78, 5) is 23.1. The molecule has 1 unspecified atom stereocenters. The summed E-state index contributed by atoms with van der Waals surface area (Å²) in [5, 5.41) is 0. The first-order valence-electron chi connectivity index (χ1n) is 13.5. The van der Waals surface area contributed by atoms with E-state index in [0.29, 0.717) is 35.7 Å². The molecule has 0 aliphatic heterocycles. The molecule has 35 heavy (non-hydrogen) atoms. The average molecular weight is 485 g/mol. The molecule has 6 nitrogen and oxygen atoms in total. The van der Waals surface area contributed by atoms with Crippen molar-refractivity contribution in [2.45, 2.75) is 97.4 Å². The third-order valence-corrected chi connectivity index (χ3v) is 10.1. The third-order valence-electron chi connectivity index (χ3n) is 10.1. The Balaban J connectivity index is 1.26. The van der Waals surface area contributed by atoms with E-state index >= 15 is 0 Å². The summed E-state index contributed by atoms with van der Waals surface area (Å²) in [7, 11) is 0. The van der Waals surface area contributed by atoms with E-state index in [1.54, 1.807) is 31.8 Å². The van der Waals surface area contributed by atoms with Crippen LogP contribution >= 0.6 is 0 Å². The summed E-state index contributed by atoms with van der Waals surface area (Å²) in [5.41, 5.74) is 3.03. The molecule has 1 heterocycles. The largest absolute Gasteiger partial charge is 0.510 e. The maximum absolute atomic E-state index is 11.6. The molecule has 192 valence electrons. The topological polar surface area (TPSA) is 75.0 Å². The number of carbonyl (C=O) groups excluding carboxylic acids is 1. The van der Waals surface area contributed by atoms with E-state index in [0.717, 1.165) is 31.2 Å². The summed E-state index contributed by atoms with van der Waals surface area (Å²) >= 11 is 0. The van der Waals surface area contributed by atoms with Crippen molar-refractivity contribution >= 4 is 6.16 Å².